The molecule has 0 spiro atoms. The quantitative estimate of drug-likeness (QED) is 0.797. The first-order chi connectivity index (χ1) is 12.0. The van der Waals surface area contributed by atoms with Crippen LogP contribution in [0.3, 0.4) is 0 Å². The molecular formula is C19H21ClN2O2S. The molecule has 0 aromatic heterocycles. The molecule has 132 valence electrons. The van der Waals surface area contributed by atoms with Gasteiger partial charge >= 0.3 is 0 Å². The molecule has 0 aliphatic rings. The van der Waals surface area contributed by atoms with Crippen molar-refractivity contribution in [2.75, 3.05) is 17.7 Å². The maximum absolute atomic E-state index is 12.0. The number of benzene rings is 2. The van der Waals surface area contributed by atoms with Crippen molar-refractivity contribution in [1.82, 2.24) is 5.32 Å². The zero-order chi connectivity index (χ0) is 18.2. The van der Waals surface area contributed by atoms with Gasteiger partial charge in [0, 0.05) is 37.0 Å². The van der Waals surface area contributed by atoms with Gasteiger partial charge in [-0.25, -0.2) is 0 Å². The van der Waals surface area contributed by atoms with Gasteiger partial charge in [-0.3, -0.25) is 9.59 Å². The van der Waals surface area contributed by atoms with Crippen molar-refractivity contribution in [2.24, 2.45) is 0 Å². The number of anilines is 1. The Morgan fingerprint density at radius 2 is 1.92 bits per heavy atom. The highest BCUT2D eigenvalue weighted by molar-refractivity contribution is 7.99. The lowest BCUT2D eigenvalue weighted by molar-refractivity contribution is -0.119. The number of nitrogens with zero attached hydrogens (tertiary/aromatic N) is 1. The third kappa shape index (κ3) is 6.11. The number of carbonyl (C=O) groups excluding carboxylic acids is 2. The van der Waals surface area contributed by atoms with Crippen LogP contribution in [0.1, 0.15) is 18.1 Å². The van der Waals surface area contributed by atoms with Crippen molar-refractivity contribution < 1.29 is 9.59 Å². The molecule has 0 saturated heterocycles. The highest BCUT2D eigenvalue weighted by atomic mass is 35.5. The molecule has 4 nitrogen and oxygen atoms in total. The lowest BCUT2D eigenvalue weighted by Crippen LogP contribution is -2.25. The fraction of sp³-hybridized carbons (Fsp3) is 0.263. The van der Waals surface area contributed by atoms with E-state index in [1.165, 1.54) is 18.7 Å². The van der Waals surface area contributed by atoms with Crippen LogP contribution >= 0.6 is 23.4 Å². The van der Waals surface area contributed by atoms with E-state index in [0.29, 0.717) is 18.1 Å². The number of amides is 2. The number of hydrogen-bond acceptors (Lipinski definition) is 3. The average Bonchev–Trinajstić information content (AvgIpc) is 2.61. The normalized spacial score (nSPS) is 10.4. The number of halogens is 1. The van der Waals surface area contributed by atoms with Gasteiger partial charge in [0.2, 0.25) is 11.8 Å². The second kappa shape index (κ2) is 9.49. The molecule has 0 fully saturated rings. The first-order valence-electron chi connectivity index (χ1n) is 7.88. The van der Waals surface area contributed by atoms with Crippen LogP contribution in [0.2, 0.25) is 5.02 Å². The van der Waals surface area contributed by atoms with Gasteiger partial charge in [0.15, 0.2) is 0 Å². The van der Waals surface area contributed by atoms with E-state index in [9.17, 15) is 9.59 Å². The minimum atomic E-state index is -0.0304. The summed E-state index contributed by atoms with van der Waals surface area (Å²) in [6.45, 7) is 1.95. The average molecular weight is 377 g/mol. The van der Waals surface area contributed by atoms with Gasteiger partial charge in [0.25, 0.3) is 0 Å². The fourth-order valence-corrected chi connectivity index (χ4v) is 3.32. The molecule has 0 saturated carbocycles. The van der Waals surface area contributed by atoms with E-state index in [1.807, 2.05) is 48.5 Å². The van der Waals surface area contributed by atoms with E-state index in [0.717, 1.165) is 21.8 Å². The van der Waals surface area contributed by atoms with Gasteiger partial charge in [-0.1, -0.05) is 41.9 Å². The summed E-state index contributed by atoms with van der Waals surface area (Å²) < 4.78 is 0. The van der Waals surface area contributed by atoms with Gasteiger partial charge < -0.3 is 10.2 Å². The minimum Gasteiger partial charge on any atom is -0.351 e. The van der Waals surface area contributed by atoms with Gasteiger partial charge in [0.1, 0.15) is 0 Å². The molecule has 0 unspecified atom stereocenters. The molecule has 0 aliphatic carbocycles. The Morgan fingerprint density at radius 1 is 1.16 bits per heavy atom. The lowest BCUT2D eigenvalue weighted by Gasteiger charge is -2.16. The summed E-state index contributed by atoms with van der Waals surface area (Å²) in [7, 11) is 1.73. The first-order valence-corrected chi connectivity index (χ1v) is 9.41. The van der Waals surface area contributed by atoms with Crippen LogP contribution in [0.5, 0.6) is 0 Å². The predicted molar refractivity (Wildman–Crippen MR) is 105 cm³/mol. The van der Waals surface area contributed by atoms with Crippen LogP contribution in [0, 0.1) is 0 Å². The zero-order valence-corrected chi connectivity index (χ0v) is 15.9. The Morgan fingerprint density at radius 3 is 2.64 bits per heavy atom. The molecule has 0 atom stereocenters. The third-order valence-electron chi connectivity index (χ3n) is 3.71. The molecule has 2 amide bonds. The molecule has 0 bridgehead atoms. The highest BCUT2D eigenvalue weighted by Crippen LogP contribution is 2.20. The third-order valence-corrected chi connectivity index (χ3v) is 5.06. The number of carbonyl (C=O) groups is 2. The van der Waals surface area contributed by atoms with E-state index in [2.05, 4.69) is 5.32 Å². The first kappa shape index (κ1) is 19.3. The van der Waals surface area contributed by atoms with Gasteiger partial charge in [-0.15, -0.1) is 11.8 Å². The molecular weight excluding hydrogens is 356 g/mol. The number of hydrogen-bond donors (Lipinski definition) is 1. The summed E-state index contributed by atoms with van der Waals surface area (Å²) in [5.41, 5.74) is 2.80. The molecule has 0 aliphatic heterocycles. The molecule has 0 radical (unpaired) electrons. The molecule has 6 heteroatoms. The highest BCUT2D eigenvalue weighted by Gasteiger charge is 2.07. The molecule has 1 N–H and O–H groups in total. The van der Waals surface area contributed by atoms with Crippen molar-refractivity contribution in [1.29, 1.82) is 0 Å². The van der Waals surface area contributed by atoms with E-state index < -0.39 is 0 Å². The summed E-state index contributed by atoms with van der Waals surface area (Å²) in [4.78, 5) is 25.0. The monoisotopic (exact) mass is 376 g/mol. The summed E-state index contributed by atoms with van der Waals surface area (Å²) in [6, 6.07) is 15.2. The van der Waals surface area contributed by atoms with Crippen LogP contribution in [0.15, 0.2) is 48.5 Å². The van der Waals surface area contributed by atoms with Crippen molar-refractivity contribution >= 4 is 40.9 Å². The van der Waals surface area contributed by atoms with Crippen LogP contribution in [-0.2, 0) is 21.9 Å². The second-order valence-electron chi connectivity index (χ2n) is 5.61. The van der Waals surface area contributed by atoms with Gasteiger partial charge in [-0.2, -0.15) is 0 Å². The number of rotatable bonds is 7. The molecule has 0 heterocycles. The molecule has 25 heavy (non-hydrogen) atoms. The van der Waals surface area contributed by atoms with E-state index in [1.54, 1.807) is 11.9 Å². The van der Waals surface area contributed by atoms with Crippen LogP contribution in [0.4, 0.5) is 5.69 Å². The van der Waals surface area contributed by atoms with E-state index in [-0.39, 0.29) is 11.8 Å². The Hall–Kier alpha value is -1.98. The minimum absolute atomic E-state index is 0.0256. The maximum Gasteiger partial charge on any atom is 0.230 e. The Balaban J connectivity index is 1.79. The molecule has 2 rings (SSSR count). The summed E-state index contributed by atoms with van der Waals surface area (Å²) in [5, 5.41) is 3.62. The van der Waals surface area contributed by atoms with E-state index >= 15 is 0 Å². The second-order valence-corrected chi connectivity index (χ2v) is 7.00. The molecule has 2 aromatic carbocycles. The van der Waals surface area contributed by atoms with Crippen LogP contribution in [0.25, 0.3) is 0 Å². The summed E-state index contributed by atoms with van der Waals surface area (Å²) in [6.07, 6.45) is 0. The SMILES string of the molecule is CC(=O)N(C)c1cccc(CNC(=O)CSCc2ccccc2Cl)c1. The largest absolute Gasteiger partial charge is 0.351 e. The topological polar surface area (TPSA) is 49.4 Å². The van der Waals surface area contributed by atoms with Crippen LogP contribution < -0.4 is 10.2 Å². The number of thioether (sulfide) groups is 1. The fourth-order valence-electron chi connectivity index (χ4n) is 2.18. The Kier molecular flexibility index (Phi) is 7.34. The van der Waals surface area contributed by atoms with Crippen molar-refractivity contribution in [3.8, 4) is 0 Å². The summed E-state index contributed by atoms with van der Waals surface area (Å²) >= 11 is 7.63. The van der Waals surface area contributed by atoms with Gasteiger partial charge in [-0.05, 0) is 29.3 Å². The number of nitrogens with one attached hydrogen (secondary N) is 1. The zero-order valence-electron chi connectivity index (χ0n) is 14.3. The lowest BCUT2D eigenvalue weighted by atomic mass is 10.2. The Bertz CT molecular complexity index is 752. The standard InChI is InChI=1S/C19H21ClN2O2S/c1-14(23)22(2)17-8-5-6-15(10-17)11-21-19(24)13-25-12-16-7-3-4-9-18(16)20/h3-10H,11-13H2,1-2H3,(H,21,24). The van der Waals surface area contributed by atoms with Crippen molar-refractivity contribution in [3.63, 3.8) is 0 Å². The summed E-state index contributed by atoms with van der Waals surface area (Å²) in [5.74, 6) is 1.02. The van der Waals surface area contributed by atoms with Crippen molar-refractivity contribution in [2.45, 2.75) is 19.2 Å². The smallest absolute Gasteiger partial charge is 0.230 e. The van der Waals surface area contributed by atoms with Crippen LogP contribution in [-0.4, -0.2) is 24.6 Å². The predicted octanol–water partition coefficient (Wildman–Crippen LogP) is 3.87. The van der Waals surface area contributed by atoms with Gasteiger partial charge in [0.05, 0.1) is 5.75 Å². The maximum atomic E-state index is 12.0. The van der Waals surface area contributed by atoms with Crippen molar-refractivity contribution in [3.05, 3.63) is 64.7 Å². The Labute approximate surface area is 157 Å². The van der Waals surface area contributed by atoms with E-state index in [4.69, 9.17) is 11.6 Å². The molecule has 2 aromatic rings.